The van der Waals surface area contributed by atoms with Crippen LogP contribution in [0, 0.1) is 29.6 Å². The molecule has 0 aliphatic rings. The first kappa shape index (κ1) is 20.6. The van der Waals surface area contributed by atoms with Gasteiger partial charge in [-0.25, -0.2) is 9.78 Å². The van der Waals surface area contributed by atoms with Crippen molar-refractivity contribution in [2.24, 2.45) is 7.05 Å². The summed E-state index contributed by atoms with van der Waals surface area (Å²) in [6.45, 7) is 1.87. The zero-order valence-corrected chi connectivity index (χ0v) is 16.8. The van der Waals surface area contributed by atoms with Crippen molar-refractivity contribution in [3.8, 4) is 23.4 Å². The second-order valence-electron chi connectivity index (χ2n) is 6.19. The number of carbonyl (C=O) groups is 1. The van der Waals surface area contributed by atoms with Crippen LogP contribution in [0.15, 0.2) is 38.6 Å². The van der Waals surface area contributed by atoms with E-state index in [-0.39, 0.29) is 44.9 Å². The molecule has 0 unspecified atom stereocenters. The fourth-order valence-corrected chi connectivity index (χ4v) is 3.58. The van der Waals surface area contributed by atoms with E-state index in [1.165, 1.54) is 11.7 Å². The third-order valence-corrected chi connectivity index (χ3v) is 5.19. The molecule has 11 heteroatoms. The number of nitrogens with two attached hydrogens (primary N) is 1. The summed E-state index contributed by atoms with van der Waals surface area (Å²) in [7, 11) is 1.49. The lowest BCUT2D eigenvalue weighted by Crippen LogP contribution is -2.34. The Labute approximate surface area is 174 Å². The van der Waals surface area contributed by atoms with Crippen LogP contribution in [0.3, 0.4) is 0 Å². The molecule has 30 heavy (non-hydrogen) atoms. The Hall–Kier alpha value is -4.09. The summed E-state index contributed by atoms with van der Waals surface area (Å²) >= 11 is 0.974. The Balaban J connectivity index is 1.98. The molecular weight excluding hydrogens is 406 g/mol. The first-order valence-corrected chi connectivity index (χ1v) is 9.55. The zero-order valence-electron chi connectivity index (χ0n) is 16.0. The molecule has 0 aliphatic carbocycles. The van der Waals surface area contributed by atoms with E-state index in [0.717, 1.165) is 17.3 Å². The first-order valence-electron chi connectivity index (χ1n) is 8.57. The molecule has 4 N–H and O–H groups in total. The summed E-state index contributed by atoms with van der Waals surface area (Å²) in [4.78, 5) is 28.6. The number of hydrogen-bond donors (Lipinski definition) is 3. The average molecular weight is 422 g/mol. The van der Waals surface area contributed by atoms with Crippen LogP contribution >= 0.6 is 11.8 Å². The number of para-hydroxylation sites is 1. The number of nitrogens with one attached hydrogen (secondary N) is 2. The summed E-state index contributed by atoms with van der Waals surface area (Å²) in [5, 5.41) is 24.5. The number of rotatable bonds is 5. The lowest BCUT2D eigenvalue weighted by molar-refractivity contribution is -0.730. The maximum Gasteiger partial charge on any atom is 0.435 e. The van der Waals surface area contributed by atoms with E-state index in [1.54, 1.807) is 12.1 Å². The van der Waals surface area contributed by atoms with E-state index in [1.807, 2.05) is 31.2 Å². The Bertz CT molecular complexity index is 1280. The molecule has 0 spiro atoms. The number of thioether (sulfide) groups is 1. The predicted molar refractivity (Wildman–Crippen MR) is 108 cm³/mol. The molecule has 1 amide bonds. The molecule has 2 heterocycles. The average Bonchev–Trinajstić information content (AvgIpc) is 3.05. The highest BCUT2D eigenvalue weighted by molar-refractivity contribution is 8.00. The molecule has 0 atom stereocenters. The molecule has 10 nitrogen and oxygen atoms in total. The molecule has 3 rings (SSSR count). The van der Waals surface area contributed by atoms with Gasteiger partial charge in [-0.05, 0) is 23.8 Å². The number of H-pyrrole nitrogens is 1. The highest BCUT2D eigenvalue weighted by Gasteiger charge is 2.31. The van der Waals surface area contributed by atoms with Crippen LogP contribution in [0.25, 0.3) is 11.3 Å². The Morgan fingerprint density at radius 3 is 2.63 bits per heavy atom. The summed E-state index contributed by atoms with van der Waals surface area (Å²) in [6, 6.07) is 11.2. The van der Waals surface area contributed by atoms with Crippen molar-refractivity contribution in [3.63, 3.8) is 0 Å². The van der Waals surface area contributed by atoms with Crippen molar-refractivity contribution < 1.29 is 14.0 Å². The number of benzene rings is 1. The summed E-state index contributed by atoms with van der Waals surface area (Å²) in [5.74, 6) is -0.528. The molecule has 150 valence electrons. The van der Waals surface area contributed by atoms with Gasteiger partial charge in [0.15, 0.2) is 7.05 Å². The summed E-state index contributed by atoms with van der Waals surface area (Å²) in [6.07, 6.45) is 0. The minimum Gasteiger partial charge on any atom is -0.383 e. The minimum atomic E-state index is -0.774. The van der Waals surface area contributed by atoms with Crippen LogP contribution in [-0.2, 0) is 11.8 Å². The van der Waals surface area contributed by atoms with Gasteiger partial charge in [-0.15, -0.1) is 0 Å². The number of hydrogen-bond acceptors (Lipinski definition) is 8. The maximum atomic E-state index is 12.4. The van der Waals surface area contributed by atoms with Crippen molar-refractivity contribution in [3.05, 3.63) is 51.4 Å². The number of aryl methyl sites for hydroxylation is 2. The number of nitrogen functional groups attached to an aromatic ring is 1. The monoisotopic (exact) mass is 422 g/mol. The number of nitrogens with zero attached hydrogens (tertiary/aromatic N) is 4. The molecule has 0 bridgehead atoms. The minimum absolute atomic E-state index is 0.00631. The highest BCUT2D eigenvalue weighted by Crippen LogP contribution is 2.33. The van der Waals surface area contributed by atoms with Gasteiger partial charge in [0, 0.05) is 5.69 Å². The number of carbonyl (C=O) groups excluding carboxylic acids is 1. The largest absolute Gasteiger partial charge is 0.435 e. The number of anilines is 2. The van der Waals surface area contributed by atoms with Gasteiger partial charge in [-0.3, -0.25) is 9.32 Å². The van der Waals surface area contributed by atoms with Gasteiger partial charge in [0.05, 0.1) is 11.3 Å². The summed E-state index contributed by atoms with van der Waals surface area (Å²) in [5.41, 5.74) is 6.50. The maximum absolute atomic E-state index is 12.4. The number of nitriles is 2. The van der Waals surface area contributed by atoms with E-state index in [9.17, 15) is 20.1 Å². The smallest absolute Gasteiger partial charge is 0.383 e. The van der Waals surface area contributed by atoms with Gasteiger partial charge in [-0.2, -0.15) is 10.5 Å². The molecule has 2 aromatic heterocycles. The SMILES string of the molecule is Cc1ccccc1NC(=O)CSc1nc(N)c(C#N)c(-c2c(=O)o[nH][n+]2C)c1C#N. The van der Waals surface area contributed by atoms with E-state index in [0.29, 0.717) is 5.69 Å². The van der Waals surface area contributed by atoms with E-state index in [4.69, 9.17) is 10.3 Å². The van der Waals surface area contributed by atoms with E-state index >= 15 is 0 Å². The van der Waals surface area contributed by atoms with Gasteiger partial charge < -0.3 is 11.1 Å². The fraction of sp³-hybridized carbons (Fsp3) is 0.158. The normalized spacial score (nSPS) is 10.3. The van der Waals surface area contributed by atoms with Gasteiger partial charge >= 0.3 is 11.3 Å². The van der Waals surface area contributed by atoms with Gasteiger partial charge in [0.2, 0.25) is 5.91 Å². The van der Waals surface area contributed by atoms with Crippen molar-refractivity contribution in [2.75, 3.05) is 16.8 Å². The molecule has 0 aliphatic heterocycles. The number of pyridine rings is 1. The number of aromatic nitrogens is 3. The van der Waals surface area contributed by atoms with Crippen molar-refractivity contribution in [1.29, 1.82) is 10.5 Å². The Morgan fingerprint density at radius 2 is 2.03 bits per heavy atom. The molecule has 1 aromatic carbocycles. The van der Waals surface area contributed by atoms with Crippen LogP contribution in [-0.4, -0.2) is 21.9 Å². The number of amides is 1. The quantitative estimate of drug-likeness (QED) is 0.408. The second-order valence-corrected chi connectivity index (χ2v) is 7.16. The van der Waals surface area contributed by atoms with Crippen LogP contribution in [0.1, 0.15) is 16.7 Å². The molecular formula is C19H16N7O3S+. The first-order chi connectivity index (χ1) is 14.4. The molecule has 0 saturated heterocycles. The van der Waals surface area contributed by atoms with Gasteiger partial charge in [-0.1, -0.05) is 34.6 Å². The third kappa shape index (κ3) is 3.87. The van der Waals surface area contributed by atoms with Crippen molar-refractivity contribution in [1.82, 2.24) is 10.3 Å². The molecule has 0 fully saturated rings. The molecule has 0 saturated carbocycles. The number of aromatic amines is 1. The van der Waals surface area contributed by atoms with Crippen LogP contribution < -0.4 is 21.4 Å². The van der Waals surface area contributed by atoms with Crippen LogP contribution in [0.4, 0.5) is 11.5 Å². The van der Waals surface area contributed by atoms with E-state index < -0.39 is 5.63 Å². The fourth-order valence-electron chi connectivity index (χ4n) is 2.78. The highest BCUT2D eigenvalue weighted by atomic mass is 32.2. The van der Waals surface area contributed by atoms with Gasteiger partial charge in [0.1, 0.15) is 34.1 Å². The Kier molecular flexibility index (Phi) is 5.85. The standard InChI is InChI=1S/C19H15N7O3S/c1-10-5-3-4-6-13(10)23-14(27)9-30-18-12(8-21)15(11(7-20)17(22)24-18)16-19(28)29-25-26(16)2/h3-6H,9H2,1-2H3,(H3-,22,23,24,25,27,28)/p+1. The van der Waals surface area contributed by atoms with Crippen LogP contribution in [0.5, 0.6) is 0 Å². The lowest BCUT2D eigenvalue weighted by Gasteiger charge is -2.10. The van der Waals surface area contributed by atoms with Crippen LogP contribution in [0.2, 0.25) is 0 Å². The van der Waals surface area contributed by atoms with Gasteiger partial charge in [0.25, 0.3) is 0 Å². The van der Waals surface area contributed by atoms with Crippen molar-refractivity contribution >= 4 is 29.2 Å². The lowest BCUT2D eigenvalue weighted by atomic mass is 10.0. The predicted octanol–water partition coefficient (Wildman–Crippen LogP) is 1.22. The van der Waals surface area contributed by atoms with Crippen molar-refractivity contribution in [2.45, 2.75) is 11.9 Å². The summed E-state index contributed by atoms with van der Waals surface area (Å²) < 4.78 is 5.97. The molecule has 3 aromatic rings. The zero-order chi connectivity index (χ0) is 21.8. The second kappa shape index (κ2) is 8.51. The van der Waals surface area contributed by atoms with E-state index in [2.05, 4.69) is 15.6 Å². The third-order valence-electron chi connectivity index (χ3n) is 4.22. The molecule has 0 radical (unpaired) electrons. The topological polar surface area (TPSA) is 165 Å². The Morgan fingerprint density at radius 1 is 1.33 bits per heavy atom.